The Morgan fingerprint density at radius 2 is 1.85 bits per heavy atom. The Hall–Kier alpha value is -3.74. The molecule has 0 saturated heterocycles. The molecule has 0 radical (unpaired) electrons. The number of furan rings is 1. The molecule has 3 aromatic heterocycles. The number of pyridine rings is 1. The van der Waals surface area contributed by atoms with E-state index in [0.717, 1.165) is 0 Å². The molecule has 0 spiro atoms. The van der Waals surface area contributed by atoms with Crippen LogP contribution in [0.1, 0.15) is 10.6 Å². The Morgan fingerprint density at radius 1 is 1.00 bits per heavy atom. The molecule has 4 aromatic rings. The van der Waals surface area contributed by atoms with E-state index in [1.165, 1.54) is 18.2 Å². The van der Waals surface area contributed by atoms with Crippen molar-refractivity contribution in [2.75, 3.05) is 5.32 Å². The summed E-state index contributed by atoms with van der Waals surface area (Å²) in [6, 6.07) is 14.6. The molecule has 0 aliphatic rings. The molecule has 0 saturated carbocycles. The van der Waals surface area contributed by atoms with Gasteiger partial charge in [0.2, 0.25) is 5.88 Å². The van der Waals surface area contributed by atoms with E-state index in [-0.39, 0.29) is 11.4 Å². The fraction of sp³-hybridized carbons (Fsp3) is 0. The SMILES string of the molecule is O=C(Nc1ccccc1F)c1ccc(-n2ccnc2-c2ccccn2)o1. The average molecular weight is 348 g/mol. The molecule has 1 amide bonds. The minimum atomic E-state index is -0.541. The summed E-state index contributed by atoms with van der Waals surface area (Å²) in [5, 5.41) is 2.49. The van der Waals surface area contributed by atoms with Gasteiger partial charge in [-0.3, -0.25) is 14.3 Å². The molecule has 1 aromatic carbocycles. The lowest BCUT2D eigenvalue weighted by atomic mass is 10.3. The molecule has 0 aliphatic heterocycles. The van der Waals surface area contributed by atoms with Crippen molar-refractivity contribution in [2.45, 2.75) is 0 Å². The summed E-state index contributed by atoms with van der Waals surface area (Å²) >= 11 is 0. The monoisotopic (exact) mass is 348 g/mol. The molecule has 0 atom stereocenters. The molecular weight excluding hydrogens is 335 g/mol. The Kier molecular flexibility index (Phi) is 4.03. The van der Waals surface area contributed by atoms with Gasteiger partial charge < -0.3 is 9.73 Å². The molecule has 6 nitrogen and oxygen atoms in total. The van der Waals surface area contributed by atoms with E-state index in [4.69, 9.17) is 4.42 Å². The number of carbonyl (C=O) groups excluding carboxylic acids is 1. The Labute approximate surface area is 147 Å². The molecule has 4 rings (SSSR count). The first-order chi connectivity index (χ1) is 12.7. The van der Waals surface area contributed by atoms with E-state index in [9.17, 15) is 9.18 Å². The van der Waals surface area contributed by atoms with E-state index < -0.39 is 11.7 Å². The number of amides is 1. The molecule has 3 heterocycles. The van der Waals surface area contributed by atoms with E-state index in [2.05, 4.69) is 15.3 Å². The van der Waals surface area contributed by atoms with E-state index in [1.807, 2.05) is 18.2 Å². The topological polar surface area (TPSA) is 73.0 Å². The van der Waals surface area contributed by atoms with Crippen LogP contribution in [-0.4, -0.2) is 20.4 Å². The predicted octanol–water partition coefficient (Wildman–Crippen LogP) is 3.92. The first-order valence-electron chi connectivity index (χ1n) is 7.83. The lowest BCUT2D eigenvalue weighted by molar-refractivity contribution is 0.0996. The second-order valence-electron chi connectivity index (χ2n) is 5.41. The van der Waals surface area contributed by atoms with Crippen molar-refractivity contribution >= 4 is 11.6 Å². The van der Waals surface area contributed by atoms with Crippen LogP contribution in [-0.2, 0) is 0 Å². The van der Waals surface area contributed by atoms with Crippen LogP contribution in [0.5, 0.6) is 0 Å². The second kappa shape index (κ2) is 6.64. The molecule has 0 unspecified atom stereocenters. The van der Waals surface area contributed by atoms with Gasteiger partial charge in [0.05, 0.1) is 5.69 Å². The number of hydrogen-bond donors (Lipinski definition) is 1. The highest BCUT2D eigenvalue weighted by Crippen LogP contribution is 2.22. The molecular formula is C19H13FN4O2. The third kappa shape index (κ3) is 2.98. The second-order valence-corrected chi connectivity index (χ2v) is 5.41. The minimum absolute atomic E-state index is 0.0592. The number of nitrogens with zero attached hydrogens (tertiary/aromatic N) is 3. The molecule has 128 valence electrons. The maximum absolute atomic E-state index is 13.7. The number of rotatable bonds is 4. The van der Waals surface area contributed by atoms with Crippen molar-refractivity contribution in [3.8, 4) is 17.4 Å². The van der Waals surface area contributed by atoms with Crippen molar-refractivity contribution in [1.29, 1.82) is 0 Å². The van der Waals surface area contributed by atoms with Gasteiger partial charge in [-0.25, -0.2) is 9.37 Å². The van der Waals surface area contributed by atoms with Crippen molar-refractivity contribution < 1.29 is 13.6 Å². The standard InChI is InChI=1S/C19H13FN4O2/c20-13-5-1-2-6-14(13)23-19(25)16-8-9-17(26-16)24-12-11-22-18(24)15-7-3-4-10-21-15/h1-12H,(H,23,25). The maximum atomic E-state index is 13.7. The third-order valence-corrected chi connectivity index (χ3v) is 3.71. The number of para-hydroxylation sites is 1. The highest BCUT2D eigenvalue weighted by Gasteiger charge is 2.16. The summed E-state index contributed by atoms with van der Waals surface area (Å²) in [4.78, 5) is 20.9. The van der Waals surface area contributed by atoms with Gasteiger partial charge in [-0.1, -0.05) is 18.2 Å². The number of imidazole rings is 1. The van der Waals surface area contributed by atoms with Gasteiger partial charge in [-0.2, -0.15) is 0 Å². The maximum Gasteiger partial charge on any atom is 0.291 e. The smallest absolute Gasteiger partial charge is 0.291 e. The lowest BCUT2D eigenvalue weighted by Crippen LogP contribution is -2.12. The first-order valence-corrected chi connectivity index (χ1v) is 7.83. The average Bonchev–Trinajstić information content (AvgIpc) is 3.33. The van der Waals surface area contributed by atoms with E-state index in [1.54, 1.807) is 41.4 Å². The van der Waals surface area contributed by atoms with Crippen molar-refractivity contribution in [3.63, 3.8) is 0 Å². The number of halogens is 1. The summed E-state index contributed by atoms with van der Waals surface area (Å²) in [6.45, 7) is 0. The molecule has 1 N–H and O–H groups in total. The van der Waals surface area contributed by atoms with Gasteiger partial charge in [0.1, 0.15) is 11.5 Å². The van der Waals surface area contributed by atoms with Crippen LogP contribution in [0.4, 0.5) is 10.1 Å². The molecule has 0 aliphatic carbocycles. The highest BCUT2D eigenvalue weighted by molar-refractivity contribution is 6.02. The highest BCUT2D eigenvalue weighted by atomic mass is 19.1. The zero-order valence-corrected chi connectivity index (χ0v) is 13.5. The summed E-state index contributed by atoms with van der Waals surface area (Å²) in [5.41, 5.74) is 0.763. The number of hydrogen-bond acceptors (Lipinski definition) is 4. The number of carbonyl (C=O) groups is 1. The summed E-state index contributed by atoms with van der Waals surface area (Å²) in [7, 11) is 0. The largest absolute Gasteiger partial charge is 0.435 e. The van der Waals surface area contributed by atoms with Crippen molar-refractivity contribution in [1.82, 2.24) is 14.5 Å². The zero-order chi connectivity index (χ0) is 17.9. The molecule has 0 bridgehead atoms. The third-order valence-electron chi connectivity index (χ3n) is 3.71. The van der Waals surface area contributed by atoms with Crippen LogP contribution < -0.4 is 5.32 Å². The molecule has 7 heteroatoms. The summed E-state index contributed by atoms with van der Waals surface area (Å²) < 4.78 is 21.0. The van der Waals surface area contributed by atoms with Gasteiger partial charge in [-0.15, -0.1) is 0 Å². The van der Waals surface area contributed by atoms with Gasteiger partial charge in [0.25, 0.3) is 5.91 Å². The Morgan fingerprint density at radius 3 is 2.65 bits per heavy atom. The number of anilines is 1. The van der Waals surface area contributed by atoms with Gasteiger partial charge >= 0.3 is 0 Å². The van der Waals surface area contributed by atoms with E-state index >= 15 is 0 Å². The number of benzene rings is 1. The Bertz CT molecular complexity index is 1060. The lowest BCUT2D eigenvalue weighted by Gasteiger charge is -2.05. The molecule has 26 heavy (non-hydrogen) atoms. The minimum Gasteiger partial charge on any atom is -0.435 e. The fourth-order valence-corrected chi connectivity index (χ4v) is 2.49. The van der Waals surface area contributed by atoms with Crippen LogP contribution in [0.15, 0.2) is 77.6 Å². The Balaban J connectivity index is 1.61. The van der Waals surface area contributed by atoms with Crippen LogP contribution in [0.3, 0.4) is 0 Å². The van der Waals surface area contributed by atoms with E-state index in [0.29, 0.717) is 17.4 Å². The van der Waals surface area contributed by atoms with Crippen LogP contribution >= 0.6 is 0 Å². The van der Waals surface area contributed by atoms with Crippen molar-refractivity contribution in [3.05, 3.63) is 84.8 Å². The van der Waals surface area contributed by atoms with Gasteiger partial charge in [0.15, 0.2) is 11.6 Å². The predicted molar refractivity (Wildman–Crippen MR) is 93.4 cm³/mol. The fourth-order valence-electron chi connectivity index (χ4n) is 2.49. The van der Waals surface area contributed by atoms with Gasteiger partial charge in [-0.05, 0) is 30.3 Å². The van der Waals surface area contributed by atoms with Gasteiger partial charge in [0, 0.05) is 24.7 Å². The van der Waals surface area contributed by atoms with Crippen LogP contribution in [0.25, 0.3) is 17.4 Å². The normalized spacial score (nSPS) is 10.7. The zero-order valence-electron chi connectivity index (χ0n) is 13.5. The van der Waals surface area contributed by atoms with Crippen molar-refractivity contribution in [2.24, 2.45) is 0 Å². The number of nitrogens with one attached hydrogen (secondary N) is 1. The number of aromatic nitrogens is 3. The summed E-state index contributed by atoms with van der Waals surface area (Å²) in [5.74, 6) is -0.00713. The quantitative estimate of drug-likeness (QED) is 0.607. The van der Waals surface area contributed by atoms with Crippen LogP contribution in [0.2, 0.25) is 0 Å². The van der Waals surface area contributed by atoms with Crippen LogP contribution in [0, 0.1) is 5.82 Å². The first kappa shape index (κ1) is 15.8. The summed E-state index contributed by atoms with van der Waals surface area (Å²) in [6.07, 6.45) is 5.00. The molecule has 0 fully saturated rings.